The zero-order chi connectivity index (χ0) is 22.7. The lowest BCUT2D eigenvalue weighted by Crippen LogP contribution is -1.96. The molecular weight excluding hydrogens is 428 g/mol. The number of benzene rings is 3. The molecule has 0 spiro atoms. The third kappa shape index (κ3) is 2.11. The fourth-order valence-electron chi connectivity index (χ4n) is 6.56. The normalized spacial score (nSPS) is 13.5. The van der Waals surface area contributed by atoms with Crippen molar-refractivity contribution < 1.29 is 0 Å². The molecule has 0 bridgehead atoms. The molecule has 35 heavy (non-hydrogen) atoms. The molecule has 0 radical (unpaired) electrons. The SMILES string of the molecule is c1ccc2c(c1)Cc1ccc3c(c1-2)Cc1c-3ccc2c1c1ncccc1n1c3cccnc3nc21. The molecule has 9 rings (SSSR count). The number of imidazole rings is 1. The van der Waals surface area contributed by atoms with Crippen molar-refractivity contribution in [3.63, 3.8) is 0 Å². The summed E-state index contributed by atoms with van der Waals surface area (Å²) in [7, 11) is 0. The molecule has 0 fully saturated rings. The van der Waals surface area contributed by atoms with Gasteiger partial charge in [0.25, 0.3) is 0 Å². The molecule has 4 nitrogen and oxygen atoms in total. The summed E-state index contributed by atoms with van der Waals surface area (Å²) in [6, 6.07) is 26.3. The van der Waals surface area contributed by atoms with Gasteiger partial charge in [0, 0.05) is 23.2 Å². The Bertz CT molecular complexity index is 2070. The van der Waals surface area contributed by atoms with E-state index in [1.807, 2.05) is 24.5 Å². The van der Waals surface area contributed by atoms with Crippen LogP contribution in [0.1, 0.15) is 22.3 Å². The molecule has 0 N–H and O–H groups in total. The second kappa shape index (κ2) is 6.10. The van der Waals surface area contributed by atoms with Crippen molar-refractivity contribution in [1.82, 2.24) is 19.4 Å². The molecular formula is C31H18N4. The molecule has 0 atom stereocenters. The van der Waals surface area contributed by atoms with Crippen molar-refractivity contribution >= 4 is 38.6 Å². The number of hydrogen-bond acceptors (Lipinski definition) is 3. The van der Waals surface area contributed by atoms with Crippen molar-refractivity contribution in [3.8, 4) is 22.3 Å². The van der Waals surface area contributed by atoms with Gasteiger partial charge in [0.2, 0.25) is 0 Å². The van der Waals surface area contributed by atoms with Crippen LogP contribution < -0.4 is 0 Å². The molecule has 4 heterocycles. The molecule has 162 valence electrons. The summed E-state index contributed by atoms with van der Waals surface area (Å²) in [5.41, 5.74) is 16.0. The highest BCUT2D eigenvalue weighted by Crippen LogP contribution is 2.50. The maximum atomic E-state index is 4.98. The maximum absolute atomic E-state index is 4.98. The van der Waals surface area contributed by atoms with Crippen molar-refractivity contribution in [2.75, 3.05) is 0 Å². The minimum absolute atomic E-state index is 0.767. The van der Waals surface area contributed by atoms with Gasteiger partial charge in [-0.2, -0.15) is 0 Å². The molecule has 0 aliphatic heterocycles. The Morgan fingerprint density at radius 1 is 0.629 bits per heavy atom. The molecule has 0 saturated carbocycles. The summed E-state index contributed by atoms with van der Waals surface area (Å²) in [4.78, 5) is 14.5. The Hall–Kier alpha value is -4.57. The second-order valence-corrected chi connectivity index (χ2v) is 9.64. The first-order valence-corrected chi connectivity index (χ1v) is 12.1. The summed E-state index contributed by atoms with van der Waals surface area (Å²) in [5, 5.41) is 2.36. The first-order valence-electron chi connectivity index (χ1n) is 12.1. The van der Waals surface area contributed by atoms with Crippen LogP contribution in [0.4, 0.5) is 0 Å². The van der Waals surface area contributed by atoms with E-state index in [0.717, 1.165) is 46.1 Å². The summed E-state index contributed by atoms with van der Waals surface area (Å²) >= 11 is 0. The summed E-state index contributed by atoms with van der Waals surface area (Å²) in [6.07, 6.45) is 5.65. The molecule has 3 aromatic carbocycles. The smallest absolute Gasteiger partial charge is 0.178 e. The van der Waals surface area contributed by atoms with E-state index in [4.69, 9.17) is 9.97 Å². The van der Waals surface area contributed by atoms with E-state index in [0.29, 0.717) is 0 Å². The van der Waals surface area contributed by atoms with Crippen LogP contribution in [0.3, 0.4) is 0 Å². The molecule has 0 unspecified atom stereocenters. The van der Waals surface area contributed by atoms with Gasteiger partial charge in [0.1, 0.15) is 5.65 Å². The van der Waals surface area contributed by atoms with Crippen molar-refractivity contribution in [3.05, 3.63) is 107 Å². The number of pyridine rings is 3. The number of hydrogen-bond donors (Lipinski definition) is 0. The predicted octanol–water partition coefficient (Wildman–Crippen LogP) is 6.73. The van der Waals surface area contributed by atoms with Crippen LogP contribution >= 0.6 is 0 Å². The number of rotatable bonds is 0. The Labute approximate surface area is 200 Å². The first kappa shape index (κ1) is 17.8. The van der Waals surface area contributed by atoms with Crippen LogP contribution in [0.2, 0.25) is 0 Å². The maximum Gasteiger partial charge on any atom is 0.178 e. The highest BCUT2D eigenvalue weighted by molar-refractivity contribution is 6.16. The minimum atomic E-state index is 0.767. The average molecular weight is 447 g/mol. The van der Waals surface area contributed by atoms with E-state index in [1.165, 1.54) is 49.9 Å². The Morgan fingerprint density at radius 2 is 1.46 bits per heavy atom. The summed E-state index contributed by atoms with van der Waals surface area (Å²) < 4.78 is 2.22. The van der Waals surface area contributed by atoms with Gasteiger partial charge < -0.3 is 0 Å². The van der Waals surface area contributed by atoms with E-state index in [1.54, 1.807) is 0 Å². The predicted molar refractivity (Wildman–Crippen MR) is 140 cm³/mol. The van der Waals surface area contributed by atoms with Gasteiger partial charge in [-0.05, 0) is 87.7 Å². The van der Waals surface area contributed by atoms with E-state index < -0.39 is 0 Å². The third-order valence-corrected chi connectivity index (χ3v) is 7.96. The molecule has 2 aliphatic rings. The van der Waals surface area contributed by atoms with Gasteiger partial charge in [-0.3, -0.25) is 9.38 Å². The fraction of sp³-hybridized carbons (Fsp3) is 0.0645. The van der Waals surface area contributed by atoms with Gasteiger partial charge >= 0.3 is 0 Å². The van der Waals surface area contributed by atoms with E-state index >= 15 is 0 Å². The van der Waals surface area contributed by atoms with Crippen molar-refractivity contribution in [1.29, 1.82) is 0 Å². The van der Waals surface area contributed by atoms with Gasteiger partial charge in [-0.15, -0.1) is 0 Å². The lowest BCUT2D eigenvalue weighted by molar-refractivity contribution is 1.24. The highest BCUT2D eigenvalue weighted by Gasteiger charge is 2.30. The summed E-state index contributed by atoms with van der Waals surface area (Å²) in [6.45, 7) is 0. The van der Waals surface area contributed by atoms with E-state index in [9.17, 15) is 0 Å². The highest BCUT2D eigenvalue weighted by atomic mass is 15.1. The van der Waals surface area contributed by atoms with Crippen molar-refractivity contribution in [2.24, 2.45) is 0 Å². The number of nitrogens with zero attached hydrogens (tertiary/aromatic N) is 4. The van der Waals surface area contributed by atoms with Crippen LogP contribution in [0, 0.1) is 0 Å². The largest absolute Gasteiger partial charge is 0.288 e. The summed E-state index contributed by atoms with van der Waals surface area (Å²) in [5.74, 6) is 0. The van der Waals surface area contributed by atoms with Crippen LogP contribution in [-0.2, 0) is 12.8 Å². The van der Waals surface area contributed by atoms with Crippen LogP contribution in [0.25, 0.3) is 60.9 Å². The van der Waals surface area contributed by atoms with Crippen LogP contribution in [0.5, 0.6) is 0 Å². The lowest BCUT2D eigenvalue weighted by atomic mass is 9.95. The minimum Gasteiger partial charge on any atom is -0.288 e. The first-order chi connectivity index (χ1) is 17.4. The zero-order valence-corrected chi connectivity index (χ0v) is 18.8. The molecule has 4 aromatic heterocycles. The Morgan fingerprint density at radius 3 is 2.43 bits per heavy atom. The molecule has 7 aromatic rings. The zero-order valence-electron chi connectivity index (χ0n) is 18.8. The Kier molecular flexibility index (Phi) is 3.11. The fourth-order valence-corrected chi connectivity index (χ4v) is 6.56. The van der Waals surface area contributed by atoms with Crippen LogP contribution in [0.15, 0.2) is 85.2 Å². The monoisotopic (exact) mass is 446 g/mol. The van der Waals surface area contributed by atoms with Gasteiger partial charge in [-0.1, -0.05) is 42.5 Å². The van der Waals surface area contributed by atoms with Crippen LogP contribution in [-0.4, -0.2) is 19.4 Å². The van der Waals surface area contributed by atoms with Gasteiger partial charge in [-0.25, -0.2) is 9.97 Å². The van der Waals surface area contributed by atoms with E-state index in [-0.39, 0.29) is 0 Å². The topological polar surface area (TPSA) is 43.1 Å². The van der Waals surface area contributed by atoms with Gasteiger partial charge in [0.15, 0.2) is 5.65 Å². The third-order valence-electron chi connectivity index (χ3n) is 7.96. The number of fused-ring (bicyclic) bond motifs is 16. The second-order valence-electron chi connectivity index (χ2n) is 9.64. The molecule has 0 saturated heterocycles. The van der Waals surface area contributed by atoms with Crippen molar-refractivity contribution in [2.45, 2.75) is 12.8 Å². The van der Waals surface area contributed by atoms with Gasteiger partial charge in [0.05, 0.1) is 16.6 Å². The Balaban J connectivity index is 1.42. The van der Waals surface area contributed by atoms with E-state index in [2.05, 4.69) is 70.0 Å². The molecule has 2 aliphatic carbocycles. The number of aromatic nitrogens is 4. The standard InChI is InChI=1S/C31H18N4/c1-2-6-19-17(5-1)15-18-9-10-20-21-11-12-22-28(24(21)16-23(20)27(18)19)29-25(7-3-13-32-29)35-26-8-4-14-33-30(26)34-31(22)35/h1-14H,15-16H2. The average Bonchev–Trinajstić information content (AvgIpc) is 3.59. The quantitative estimate of drug-likeness (QED) is 0.243. The molecule has 4 heteroatoms. The molecule has 0 amide bonds. The lowest BCUT2D eigenvalue weighted by Gasteiger charge is -2.11.